The molecule has 3 N–H and O–H groups in total. The molecule has 1 fully saturated rings. The van der Waals surface area contributed by atoms with Crippen LogP contribution in [0.4, 0.5) is 5.82 Å². The number of nitrogens with one attached hydrogen (secondary N) is 1. The van der Waals surface area contributed by atoms with E-state index >= 15 is 0 Å². The van der Waals surface area contributed by atoms with Crippen molar-refractivity contribution in [1.82, 2.24) is 9.97 Å². The van der Waals surface area contributed by atoms with Gasteiger partial charge in [-0.15, -0.1) is 11.3 Å². The van der Waals surface area contributed by atoms with Crippen LogP contribution in [-0.2, 0) is 11.2 Å². The number of hydrogen-bond acceptors (Lipinski definition) is 7. The lowest BCUT2D eigenvalue weighted by Gasteiger charge is -2.21. The summed E-state index contributed by atoms with van der Waals surface area (Å²) < 4.78 is 5.74. The first kappa shape index (κ1) is 13.1. The Hall–Kier alpha value is -0.890. The van der Waals surface area contributed by atoms with Gasteiger partial charge in [-0.1, -0.05) is 6.92 Å². The van der Waals surface area contributed by atoms with E-state index in [9.17, 15) is 0 Å². The van der Waals surface area contributed by atoms with E-state index < -0.39 is 0 Å². The summed E-state index contributed by atoms with van der Waals surface area (Å²) in [6.07, 6.45) is 0.971. The molecule has 1 atom stereocenters. The number of thioether (sulfide) groups is 1. The second-order valence-corrected chi connectivity index (χ2v) is 6.56. The number of rotatable bonds is 3. The Labute approximate surface area is 119 Å². The summed E-state index contributed by atoms with van der Waals surface area (Å²) >= 11 is 3.57. The van der Waals surface area contributed by atoms with Crippen LogP contribution in [0.15, 0.2) is 6.07 Å². The van der Waals surface area contributed by atoms with E-state index in [2.05, 4.69) is 28.4 Å². The lowest BCUT2D eigenvalue weighted by molar-refractivity contribution is 0.0698. The Morgan fingerprint density at radius 1 is 1.53 bits per heavy atom. The van der Waals surface area contributed by atoms with Gasteiger partial charge < -0.3 is 10.2 Å². The Morgan fingerprint density at radius 3 is 3.11 bits per heavy atom. The number of anilines is 1. The molecule has 0 spiro atoms. The number of nitrogens with two attached hydrogens (primary N) is 1. The Morgan fingerprint density at radius 2 is 2.42 bits per heavy atom. The maximum Gasteiger partial charge on any atom is 0.162 e. The smallest absolute Gasteiger partial charge is 0.162 e. The van der Waals surface area contributed by atoms with Crippen LogP contribution in [0.2, 0.25) is 0 Å². The summed E-state index contributed by atoms with van der Waals surface area (Å²) in [5, 5.41) is 0.997. The standard InChI is InChI=1S/C12H16N4OS2/c1-2-7-5-8-10(16-13)14-11(15-12(8)19-7)9-6-18-4-3-17-9/h5,9H,2-4,6,13H2,1H3,(H,14,15,16). The van der Waals surface area contributed by atoms with Crippen molar-refractivity contribution < 1.29 is 4.74 Å². The minimum Gasteiger partial charge on any atom is -0.368 e. The fourth-order valence-electron chi connectivity index (χ4n) is 2.05. The van der Waals surface area contributed by atoms with E-state index in [4.69, 9.17) is 10.6 Å². The lowest BCUT2D eigenvalue weighted by Crippen LogP contribution is -2.19. The Kier molecular flexibility index (Phi) is 3.88. The number of hydrazine groups is 1. The molecule has 1 aliphatic heterocycles. The normalized spacial score (nSPS) is 19.8. The summed E-state index contributed by atoms with van der Waals surface area (Å²) in [6.45, 7) is 2.89. The third kappa shape index (κ3) is 2.55. The zero-order chi connectivity index (χ0) is 13.2. The second kappa shape index (κ2) is 5.62. The fraction of sp³-hybridized carbons (Fsp3) is 0.500. The van der Waals surface area contributed by atoms with Gasteiger partial charge in [0, 0.05) is 16.4 Å². The van der Waals surface area contributed by atoms with Gasteiger partial charge >= 0.3 is 0 Å². The first-order valence-corrected chi connectivity index (χ1v) is 8.25. The van der Waals surface area contributed by atoms with Crippen molar-refractivity contribution in [2.24, 2.45) is 5.84 Å². The molecule has 0 saturated carbocycles. The van der Waals surface area contributed by atoms with E-state index in [1.54, 1.807) is 11.3 Å². The fourth-order valence-corrected chi connectivity index (χ4v) is 3.87. The molecule has 3 heterocycles. The molecule has 5 nitrogen and oxygen atoms in total. The predicted molar refractivity (Wildman–Crippen MR) is 80.6 cm³/mol. The maximum absolute atomic E-state index is 5.74. The van der Waals surface area contributed by atoms with Crippen molar-refractivity contribution in [3.05, 3.63) is 16.8 Å². The second-order valence-electron chi connectivity index (χ2n) is 4.29. The van der Waals surface area contributed by atoms with Crippen LogP contribution < -0.4 is 11.3 Å². The van der Waals surface area contributed by atoms with Crippen molar-refractivity contribution in [2.45, 2.75) is 19.4 Å². The van der Waals surface area contributed by atoms with Crippen LogP contribution in [0.5, 0.6) is 0 Å². The molecule has 102 valence electrons. The van der Waals surface area contributed by atoms with Gasteiger partial charge in [0.2, 0.25) is 0 Å². The van der Waals surface area contributed by atoms with E-state index in [1.807, 2.05) is 11.8 Å². The molecule has 3 rings (SSSR count). The summed E-state index contributed by atoms with van der Waals surface area (Å²) in [6, 6.07) is 2.11. The summed E-state index contributed by atoms with van der Waals surface area (Å²) in [7, 11) is 0. The molecular formula is C12H16N4OS2. The summed E-state index contributed by atoms with van der Waals surface area (Å²) in [5.41, 5.74) is 2.68. The number of fused-ring (bicyclic) bond motifs is 1. The van der Waals surface area contributed by atoms with Gasteiger partial charge in [-0.2, -0.15) is 11.8 Å². The Balaban J connectivity index is 2.05. The van der Waals surface area contributed by atoms with E-state index in [1.165, 1.54) is 4.88 Å². The molecule has 0 bridgehead atoms. The average Bonchev–Trinajstić information content (AvgIpc) is 2.90. The van der Waals surface area contributed by atoms with Crippen LogP contribution in [0.25, 0.3) is 10.2 Å². The van der Waals surface area contributed by atoms with Crippen molar-refractivity contribution in [2.75, 3.05) is 23.5 Å². The van der Waals surface area contributed by atoms with Gasteiger partial charge in [0.05, 0.1) is 12.0 Å². The number of thiophene rings is 1. The molecule has 1 aliphatic rings. The number of nitrogen functional groups attached to an aromatic ring is 1. The van der Waals surface area contributed by atoms with Gasteiger partial charge in [0.1, 0.15) is 10.9 Å². The zero-order valence-corrected chi connectivity index (χ0v) is 12.3. The quantitative estimate of drug-likeness (QED) is 0.669. The van der Waals surface area contributed by atoms with E-state index in [0.29, 0.717) is 5.82 Å². The van der Waals surface area contributed by atoms with Crippen molar-refractivity contribution in [1.29, 1.82) is 0 Å². The molecular weight excluding hydrogens is 280 g/mol. The van der Waals surface area contributed by atoms with Gasteiger partial charge in [0.15, 0.2) is 11.6 Å². The molecule has 1 unspecified atom stereocenters. The molecule has 0 radical (unpaired) electrons. The molecule has 2 aromatic rings. The number of ether oxygens (including phenoxy) is 1. The average molecular weight is 296 g/mol. The molecule has 1 saturated heterocycles. The highest BCUT2D eigenvalue weighted by Crippen LogP contribution is 2.32. The number of aromatic nitrogens is 2. The van der Waals surface area contributed by atoms with Crippen LogP contribution in [-0.4, -0.2) is 28.1 Å². The van der Waals surface area contributed by atoms with Crippen LogP contribution in [0.3, 0.4) is 0 Å². The summed E-state index contributed by atoms with van der Waals surface area (Å²) in [5.74, 6) is 8.95. The van der Waals surface area contributed by atoms with Crippen LogP contribution in [0.1, 0.15) is 23.7 Å². The van der Waals surface area contributed by atoms with Gasteiger partial charge in [0.25, 0.3) is 0 Å². The van der Waals surface area contributed by atoms with Gasteiger partial charge in [-0.3, -0.25) is 0 Å². The SMILES string of the molecule is CCc1cc2c(NN)nc(C3CSCCO3)nc2s1. The molecule has 0 aliphatic carbocycles. The number of nitrogens with zero attached hydrogens (tertiary/aromatic N) is 2. The van der Waals surface area contributed by atoms with Crippen molar-refractivity contribution >= 4 is 39.1 Å². The molecule has 7 heteroatoms. The largest absolute Gasteiger partial charge is 0.368 e. The van der Waals surface area contributed by atoms with Crippen molar-refractivity contribution in [3.8, 4) is 0 Å². The summed E-state index contributed by atoms with van der Waals surface area (Å²) in [4.78, 5) is 11.4. The third-order valence-electron chi connectivity index (χ3n) is 3.05. The van der Waals surface area contributed by atoms with E-state index in [0.717, 1.165) is 40.6 Å². The lowest BCUT2D eigenvalue weighted by atomic mass is 10.3. The molecule has 19 heavy (non-hydrogen) atoms. The van der Waals surface area contributed by atoms with Crippen LogP contribution >= 0.6 is 23.1 Å². The molecule has 0 amide bonds. The van der Waals surface area contributed by atoms with Crippen molar-refractivity contribution in [3.63, 3.8) is 0 Å². The molecule has 2 aromatic heterocycles. The minimum atomic E-state index is -0.0255. The highest BCUT2D eigenvalue weighted by atomic mass is 32.2. The van der Waals surface area contributed by atoms with Gasteiger partial charge in [-0.25, -0.2) is 15.8 Å². The topological polar surface area (TPSA) is 73.1 Å². The zero-order valence-electron chi connectivity index (χ0n) is 10.7. The highest BCUT2D eigenvalue weighted by Gasteiger charge is 2.21. The third-order valence-corrected chi connectivity index (χ3v) is 5.22. The minimum absolute atomic E-state index is 0.0255. The van der Waals surface area contributed by atoms with E-state index in [-0.39, 0.29) is 6.10 Å². The number of aryl methyl sites for hydroxylation is 1. The molecule has 0 aromatic carbocycles. The van der Waals surface area contributed by atoms with Crippen LogP contribution in [0, 0.1) is 0 Å². The Bertz CT molecular complexity index is 580. The maximum atomic E-state index is 5.74. The monoisotopic (exact) mass is 296 g/mol. The first-order valence-electron chi connectivity index (χ1n) is 6.28. The predicted octanol–water partition coefficient (Wildman–Crippen LogP) is 2.34. The highest BCUT2D eigenvalue weighted by molar-refractivity contribution is 7.99. The van der Waals surface area contributed by atoms with Gasteiger partial charge in [-0.05, 0) is 12.5 Å². The number of hydrogen-bond donors (Lipinski definition) is 2. The first-order chi connectivity index (χ1) is 9.31.